The number of halogens is 2. The minimum atomic E-state index is -0.520. The fourth-order valence-corrected chi connectivity index (χ4v) is 2.67. The number of rotatable bonds is 5. The van der Waals surface area contributed by atoms with E-state index in [1.54, 1.807) is 0 Å². The first-order valence-corrected chi connectivity index (χ1v) is 6.82. The zero-order valence-corrected chi connectivity index (χ0v) is 11.7. The summed E-state index contributed by atoms with van der Waals surface area (Å²) in [4.78, 5) is 10.1. The van der Waals surface area contributed by atoms with Gasteiger partial charge in [0, 0.05) is 25.3 Å². The Hall–Kier alpha value is -1.04. The van der Waals surface area contributed by atoms with Crippen molar-refractivity contribution >= 4 is 34.6 Å². The SMILES string of the molecule is O=[N+]([O-])c1cc(Cl)c(NCCC2CCCO2)c(Cl)c1. The Labute approximate surface area is 121 Å². The summed E-state index contributed by atoms with van der Waals surface area (Å²) in [6.07, 6.45) is 3.32. The minimum absolute atomic E-state index is 0.111. The van der Waals surface area contributed by atoms with Crippen LogP contribution >= 0.6 is 23.2 Å². The van der Waals surface area contributed by atoms with Gasteiger partial charge in [-0.05, 0) is 19.3 Å². The van der Waals surface area contributed by atoms with Crippen molar-refractivity contribution in [2.24, 2.45) is 0 Å². The van der Waals surface area contributed by atoms with Crippen molar-refractivity contribution in [3.05, 3.63) is 32.3 Å². The Balaban J connectivity index is 1.97. The average Bonchev–Trinajstić information content (AvgIpc) is 2.85. The number of nitrogens with one attached hydrogen (secondary N) is 1. The molecule has 1 aliphatic rings. The Kier molecular flexibility index (Phi) is 4.85. The summed E-state index contributed by atoms with van der Waals surface area (Å²) in [5.41, 5.74) is 0.423. The van der Waals surface area contributed by atoms with Crippen LogP contribution in [0.15, 0.2) is 12.1 Å². The molecule has 0 saturated carbocycles. The van der Waals surface area contributed by atoms with Gasteiger partial charge in [-0.2, -0.15) is 0 Å². The maximum absolute atomic E-state index is 10.7. The maximum atomic E-state index is 10.7. The lowest BCUT2D eigenvalue weighted by Crippen LogP contribution is -2.12. The molecule has 0 radical (unpaired) electrons. The molecule has 5 nitrogen and oxygen atoms in total. The van der Waals surface area contributed by atoms with E-state index in [9.17, 15) is 10.1 Å². The normalized spacial score (nSPS) is 18.5. The van der Waals surface area contributed by atoms with Crippen LogP contribution in [0.1, 0.15) is 19.3 Å². The molecule has 1 heterocycles. The van der Waals surface area contributed by atoms with Gasteiger partial charge in [0.1, 0.15) is 0 Å². The largest absolute Gasteiger partial charge is 0.383 e. The summed E-state index contributed by atoms with van der Waals surface area (Å²) < 4.78 is 5.51. The lowest BCUT2D eigenvalue weighted by atomic mass is 10.2. The third-order valence-electron chi connectivity index (χ3n) is 3.03. The molecule has 1 aromatic rings. The van der Waals surface area contributed by atoms with Crippen LogP contribution in [-0.2, 0) is 4.74 Å². The molecule has 2 rings (SSSR count). The summed E-state index contributed by atoms with van der Waals surface area (Å²) in [5.74, 6) is 0. The molecule has 0 amide bonds. The standard InChI is InChI=1S/C12H14Cl2N2O3/c13-10-6-8(16(17)18)7-11(14)12(10)15-4-3-9-2-1-5-19-9/h6-7,9,15H,1-5H2. The molecular weight excluding hydrogens is 291 g/mol. The molecular formula is C12H14Cl2N2O3. The molecule has 1 atom stereocenters. The van der Waals surface area contributed by atoms with Crippen molar-refractivity contribution < 1.29 is 9.66 Å². The smallest absolute Gasteiger partial charge is 0.272 e. The van der Waals surface area contributed by atoms with Crippen LogP contribution < -0.4 is 5.32 Å². The number of nitro groups is 1. The van der Waals surface area contributed by atoms with Gasteiger partial charge in [-0.3, -0.25) is 10.1 Å². The number of nitrogens with zero attached hydrogens (tertiary/aromatic N) is 1. The average molecular weight is 305 g/mol. The molecule has 0 bridgehead atoms. The van der Waals surface area contributed by atoms with E-state index in [1.807, 2.05) is 0 Å². The highest BCUT2D eigenvalue weighted by molar-refractivity contribution is 6.39. The van der Waals surface area contributed by atoms with E-state index in [0.29, 0.717) is 12.2 Å². The first-order valence-electron chi connectivity index (χ1n) is 6.07. The minimum Gasteiger partial charge on any atom is -0.383 e. The second-order valence-electron chi connectivity index (χ2n) is 4.39. The van der Waals surface area contributed by atoms with Gasteiger partial charge < -0.3 is 10.1 Å². The highest BCUT2D eigenvalue weighted by Crippen LogP contribution is 2.34. The van der Waals surface area contributed by atoms with E-state index >= 15 is 0 Å². The first kappa shape index (κ1) is 14.4. The number of hydrogen-bond acceptors (Lipinski definition) is 4. The quantitative estimate of drug-likeness (QED) is 0.662. The van der Waals surface area contributed by atoms with Gasteiger partial charge in [0.15, 0.2) is 0 Å². The zero-order chi connectivity index (χ0) is 13.8. The van der Waals surface area contributed by atoms with Crippen LogP contribution in [0.5, 0.6) is 0 Å². The lowest BCUT2D eigenvalue weighted by molar-refractivity contribution is -0.384. The van der Waals surface area contributed by atoms with Crippen molar-refractivity contribution in [1.29, 1.82) is 0 Å². The van der Waals surface area contributed by atoms with Gasteiger partial charge in [-0.25, -0.2) is 0 Å². The monoisotopic (exact) mass is 304 g/mol. The predicted molar refractivity (Wildman–Crippen MR) is 75.2 cm³/mol. The number of nitro benzene ring substituents is 1. The molecule has 7 heteroatoms. The van der Waals surface area contributed by atoms with E-state index in [0.717, 1.165) is 25.9 Å². The van der Waals surface area contributed by atoms with Crippen LogP contribution in [0, 0.1) is 10.1 Å². The van der Waals surface area contributed by atoms with Gasteiger partial charge in [-0.1, -0.05) is 23.2 Å². The van der Waals surface area contributed by atoms with Crippen molar-refractivity contribution in [3.8, 4) is 0 Å². The lowest BCUT2D eigenvalue weighted by Gasteiger charge is -2.13. The fraction of sp³-hybridized carbons (Fsp3) is 0.500. The Morgan fingerprint density at radius 1 is 1.42 bits per heavy atom. The van der Waals surface area contributed by atoms with Gasteiger partial charge in [0.05, 0.1) is 26.8 Å². The number of ether oxygens (including phenoxy) is 1. The first-order chi connectivity index (χ1) is 9.08. The van der Waals surface area contributed by atoms with Crippen LogP contribution in [-0.4, -0.2) is 24.2 Å². The van der Waals surface area contributed by atoms with Crippen LogP contribution in [0.3, 0.4) is 0 Å². The van der Waals surface area contributed by atoms with Gasteiger partial charge in [0.2, 0.25) is 0 Å². The molecule has 1 N–H and O–H groups in total. The Morgan fingerprint density at radius 2 is 2.11 bits per heavy atom. The zero-order valence-electron chi connectivity index (χ0n) is 10.2. The summed E-state index contributed by atoms with van der Waals surface area (Å²) in [7, 11) is 0. The number of non-ortho nitro benzene ring substituents is 1. The molecule has 104 valence electrons. The predicted octanol–water partition coefficient (Wildman–Crippen LogP) is 3.88. The van der Waals surface area contributed by atoms with E-state index < -0.39 is 4.92 Å². The van der Waals surface area contributed by atoms with Crippen molar-refractivity contribution in [2.45, 2.75) is 25.4 Å². The summed E-state index contributed by atoms with van der Waals surface area (Å²) in [6.45, 7) is 1.49. The third kappa shape index (κ3) is 3.72. The third-order valence-corrected chi connectivity index (χ3v) is 3.63. The second kappa shape index (κ2) is 6.41. The van der Waals surface area contributed by atoms with Crippen LogP contribution in [0.4, 0.5) is 11.4 Å². The Morgan fingerprint density at radius 3 is 2.63 bits per heavy atom. The fourth-order valence-electron chi connectivity index (χ4n) is 2.06. The van der Waals surface area contributed by atoms with E-state index in [2.05, 4.69) is 5.32 Å². The molecule has 0 aromatic heterocycles. The van der Waals surface area contributed by atoms with Gasteiger partial charge in [0.25, 0.3) is 5.69 Å². The van der Waals surface area contributed by atoms with Crippen molar-refractivity contribution in [1.82, 2.24) is 0 Å². The second-order valence-corrected chi connectivity index (χ2v) is 5.21. The van der Waals surface area contributed by atoms with E-state index in [1.165, 1.54) is 12.1 Å². The molecule has 1 aromatic carbocycles. The van der Waals surface area contributed by atoms with Gasteiger partial charge >= 0.3 is 0 Å². The maximum Gasteiger partial charge on any atom is 0.272 e. The highest BCUT2D eigenvalue weighted by Gasteiger charge is 2.17. The van der Waals surface area contributed by atoms with Gasteiger partial charge in [-0.15, -0.1) is 0 Å². The van der Waals surface area contributed by atoms with E-state index in [-0.39, 0.29) is 21.8 Å². The molecule has 1 saturated heterocycles. The molecule has 1 fully saturated rings. The molecule has 19 heavy (non-hydrogen) atoms. The van der Waals surface area contributed by atoms with Crippen LogP contribution in [0.25, 0.3) is 0 Å². The molecule has 0 aliphatic carbocycles. The number of benzene rings is 1. The van der Waals surface area contributed by atoms with E-state index in [4.69, 9.17) is 27.9 Å². The summed E-state index contributed by atoms with van der Waals surface area (Å²) in [6, 6.07) is 2.59. The van der Waals surface area contributed by atoms with Crippen molar-refractivity contribution in [3.63, 3.8) is 0 Å². The number of anilines is 1. The number of hydrogen-bond donors (Lipinski definition) is 1. The summed E-state index contributed by atoms with van der Waals surface area (Å²) in [5, 5.41) is 14.3. The summed E-state index contributed by atoms with van der Waals surface area (Å²) >= 11 is 12.0. The van der Waals surface area contributed by atoms with Crippen LogP contribution in [0.2, 0.25) is 10.0 Å². The van der Waals surface area contributed by atoms with Crippen molar-refractivity contribution in [2.75, 3.05) is 18.5 Å². The molecule has 1 unspecified atom stereocenters. The highest BCUT2D eigenvalue weighted by atomic mass is 35.5. The molecule has 1 aliphatic heterocycles. The molecule has 0 spiro atoms. The Bertz CT molecular complexity index is 453. The topological polar surface area (TPSA) is 64.4 Å².